The third-order valence-corrected chi connectivity index (χ3v) is 9.60. The molecule has 1 atom stereocenters. The van der Waals surface area contributed by atoms with Crippen molar-refractivity contribution in [1.29, 1.82) is 0 Å². The van der Waals surface area contributed by atoms with Crippen LogP contribution in [0.5, 0.6) is 0 Å². The molecule has 0 aliphatic carbocycles. The first-order valence-electron chi connectivity index (χ1n) is 23.6. The number of ether oxygens (including phenoxy) is 3. The molecule has 0 heterocycles. The predicted octanol–water partition coefficient (Wildman–Crippen LogP) is 15.3. The maximum atomic E-state index is 12.7. The molecule has 0 aliphatic rings. The molecule has 0 aromatic carbocycles. The Labute approximate surface area is 356 Å². The Morgan fingerprint density at radius 3 is 1.21 bits per heavy atom. The van der Waals surface area contributed by atoms with Crippen LogP contribution in [0, 0.1) is 0 Å². The van der Waals surface area contributed by atoms with Crippen LogP contribution in [0.25, 0.3) is 0 Å². The standard InChI is InChI=1S/C52H86O6/c1-4-7-10-13-16-19-21-23-25-26-27-29-30-33-36-39-42-45-51(54)57-48-49(47-56-50(53)44-41-38-35-32-18-15-12-9-6-3)58-52(55)46-43-40-37-34-31-28-24-22-20-17-14-11-8-5-2/h9,12,16,18-19,23,25,27-29,31-33,36,49H,4-8,10-11,13-15,17,20-22,24,26,30,34-35,37-48H2,1-3H3/b12-9-,19-16-,25-23-,29-27-,31-28-,32-18-,36-33-. The van der Waals surface area contributed by atoms with Gasteiger partial charge in [-0.2, -0.15) is 0 Å². The number of carbonyl (C=O) groups is 3. The van der Waals surface area contributed by atoms with Crippen molar-refractivity contribution in [2.24, 2.45) is 0 Å². The molecule has 0 fully saturated rings. The van der Waals surface area contributed by atoms with E-state index < -0.39 is 6.10 Å². The molecule has 330 valence electrons. The van der Waals surface area contributed by atoms with E-state index in [4.69, 9.17) is 14.2 Å². The van der Waals surface area contributed by atoms with Gasteiger partial charge in [0.25, 0.3) is 0 Å². The molecule has 0 spiro atoms. The zero-order valence-corrected chi connectivity index (χ0v) is 37.5. The van der Waals surface area contributed by atoms with E-state index in [0.717, 1.165) is 89.9 Å². The van der Waals surface area contributed by atoms with Crippen molar-refractivity contribution in [3.05, 3.63) is 85.1 Å². The second-order valence-electron chi connectivity index (χ2n) is 15.3. The Morgan fingerprint density at radius 1 is 0.362 bits per heavy atom. The van der Waals surface area contributed by atoms with E-state index in [1.165, 1.54) is 70.6 Å². The van der Waals surface area contributed by atoms with Crippen LogP contribution in [0.3, 0.4) is 0 Å². The lowest BCUT2D eigenvalue weighted by atomic mass is 10.1. The number of carbonyl (C=O) groups excluding carboxylic acids is 3. The second kappa shape index (κ2) is 46.3. The van der Waals surface area contributed by atoms with Crippen LogP contribution in [-0.2, 0) is 28.6 Å². The van der Waals surface area contributed by atoms with Crippen LogP contribution in [0.4, 0.5) is 0 Å². The highest BCUT2D eigenvalue weighted by atomic mass is 16.6. The summed E-state index contributed by atoms with van der Waals surface area (Å²) >= 11 is 0. The summed E-state index contributed by atoms with van der Waals surface area (Å²) in [5.74, 6) is -1.03. The molecule has 6 heteroatoms. The van der Waals surface area contributed by atoms with Crippen molar-refractivity contribution < 1.29 is 28.6 Å². The minimum Gasteiger partial charge on any atom is -0.462 e. The summed E-state index contributed by atoms with van der Waals surface area (Å²) in [6.07, 6.45) is 58.7. The SMILES string of the molecule is CC/C=C\C/C=C\CCCCC(=O)OCC(COC(=O)CCC/C=C\C/C=C\C/C=C\C/C=C\CCCCC)OC(=O)CCCCC/C=C\CCCCCCCCC. The normalized spacial score (nSPS) is 12.8. The molecule has 0 aliphatic heterocycles. The molecule has 0 aromatic heterocycles. The van der Waals surface area contributed by atoms with Gasteiger partial charge in [0, 0.05) is 19.3 Å². The summed E-state index contributed by atoms with van der Waals surface area (Å²) in [7, 11) is 0. The Hall–Kier alpha value is -3.41. The van der Waals surface area contributed by atoms with Gasteiger partial charge in [-0.25, -0.2) is 0 Å². The highest BCUT2D eigenvalue weighted by molar-refractivity contribution is 5.71. The smallest absolute Gasteiger partial charge is 0.306 e. The molecular weight excluding hydrogens is 721 g/mol. The summed E-state index contributed by atoms with van der Waals surface area (Å²) in [6, 6.07) is 0. The Morgan fingerprint density at radius 2 is 0.690 bits per heavy atom. The topological polar surface area (TPSA) is 78.9 Å². The van der Waals surface area contributed by atoms with E-state index in [2.05, 4.69) is 106 Å². The number of rotatable bonds is 41. The Kier molecular flexibility index (Phi) is 43.6. The van der Waals surface area contributed by atoms with Gasteiger partial charge < -0.3 is 14.2 Å². The first-order valence-corrected chi connectivity index (χ1v) is 23.6. The first kappa shape index (κ1) is 54.6. The quantitative estimate of drug-likeness (QED) is 0.0265. The summed E-state index contributed by atoms with van der Waals surface area (Å²) < 4.78 is 16.6. The van der Waals surface area contributed by atoms with Crippen molar-refractivity contribution in [1.82, 2.24) is 0 Å². The fourth-order valence-electron chi connectivity index (χ4n) is 6.05. The van der Waals surface area contributed by atoms with E-state index in [0.29, 0.717) is 12.8 Å². The van der Waals surface area contributed by atoms with E-state index in [-0.39, 0.29) is 44.0 Å². The summed E-state index contributed by atoms with van der Waals surface area (Å²) in [5, 5.41) is 0. The molecule has 0 rings (SSSR count). The van der Waals surface area contributed by atoms with Gasteiger partial charge >= 0.3 is 17.9 Å². The van der Waals surface area contributed by atoms with Crippen LogP contribution in [0.2, 0.25) is 0 Å². The van der Waals surface area contributed by atoms with Crippen LogP contribution < -0.4 is 0 Å². The zero-order valence-electron chi connectivity index (χ0n) is 37.5. The van der Waals surface area contributed by atoms with Crippen molar-refractivity contribution in [2.45, 2.75) is 213 Å². The fraction of sp³-hybridized carbons (Fsp3) is 0.673. The molecule has 0 aromatic rings. The average molecular weight is 807 g/mol. The van der Waals surface area contributed by atoms with Crippen LogP contribution in [0.15, 0.2) is 85.1 Å². The monoisotopic (exact) mass is 807 g/mol. The lowest BCUT2D eigenvalue weighted by Gasteiger charge is -2.18. The molecule has 0 bridgehead atoms. The molecule has 0 saturated heterocycles. The average Bonchev–Trinajstić information content (AvgIpc) is 3.22. The third-order valence-electron chi connectivity index (χ3n) is 9.60. The van der Waals surface area contributed by atoms with E-state index in [9.17, 15) is 14.4 Å². The van der Waals surface area contributed by atoms with Gasteiger partial charge in [-0.3, -0.25) is 14.4 Å². The Balaban J connectivity index is 4.50. The maximum absolute atomic E-state index is 12.7. The van der Waals surface area contributed by atoms with Gasteiger partial charge in [-0.15, -0.1) is 0 Å². The highest BCUT2D eigenvalue weighted by Gasteiger charge is 2.19. The van der Waals surface area contributed by atoms with Crippen molar-refractivity contribution >= 4 is 17.9 Å². The van der Waals surface area contributed by atoms with Crippen molar-refractivity contribution in [2.75, 3.05) is 13.2 Å². The largest absolute Gasteiger partial charge is 0.462 e. The summed E-state index contributed by atoms with van der Waals surface area (Å²) in [5.41, 5.74) is 0. The zero-order chi connectivity index (χ0) is 42.3. The molecule has 0 saturated carbocycles. The molecule has 1 unspecified atom stereocenters. The summed E-state index contributed by atoms with van der Waals surface area (Å²) in [6.45, 7) is 6.37. The predicted molar refractivity (Wildman–Crippen MR) is 247 cm³/mol. The van der Waals surface area contributed by atoms with Gasteiger partial charge in [0.1, 0.15) is 13.2 Å². The maximum Gasteiger partial charge on any atom is 0.306 e. The molecule has 58 heavy (non-hydrogen) atoms. The van der Waals surface area contributed by atoms with E-state index >= 15 is 0 Å². The number of esters is 3. The lowest BCUT2D eigenvalue weighted by molar-refractivity contribution is -0.167. The third kappa shape index (κ3) is 43.7. The number of allylic oxidation sites excluding steroid dienone is 14. The fourth-order valence-corrected chi connectivity index (χ4v) is 6.05. The lowest BCUT2D eigenvalue weighted by Crippen LogP contribution is -2.30. The van der Waals surface area contributed by atoms with Crippen LogP contribution in [-0.4, -0.2) is 37.2 Å². The van der Waals surface area contributed by atoms with Crippen LogP contribution in [0.1, 0.15) is 207 Å². The van der Waals surface area contributed by atoms with E-state index in [1.54, 1.807) is 0 Å². The van der Waals surface area contributed by atoms with Crippen molar-refractivity contribution in [3.8, 4) is 0 Å². The summed E-state index contributed by atoms with van der Waals surface area (Å²) in [4.78, 5) is 37.7. The number of unbranched alkanes of at least 4 members (excludes halogenated alkanes) is 16. The number of hydrogen-bond acceptors (Lipinski definition) is 6. The molecule has 0 radical (unpaired) electrons. The van der Waals surface area contributed by atoms with Gasteiger partial charge in [-0.1, -0.05) is 164 Å². The number of hydrogen-bond donors (Lipinski definition) is 0. The minimum atomic E-state index is -0.817. The van der Waals surface area contributed by atoms with Gasteiger partial charge in [0.15, 0.2) is 6.10 Å². The Bertz CT molecular complexity index is 1160. The van der Waals surface area contributed by atoms with Crippen LogP contribution >= 0.6 is 0 Å². The van der Waals surface area contributed by atoms with Gasteiger partial charge in [0.2, 0.25) is 0 Å². The van der Waals surface area contributed by atoms with Gasteiger partial charge in [-0.05, 0) is 109 Å². The first-order chi connectivity index (χ1) is 28.5. The van der Waals surface area contributed by atoms with Gasteiger partial charge in [0.05, 0.1) is 0 Å². The molecule has 0 amide bonds. The molecule has 0 N–H and O–H groups in total. The highest BCUT2D eigenvalue weighted by Crippen LogP contribution is 2.12. The minimum absolute atomic E-state index is 0.118. The second-order valence-corrected chi connectivity index (χ2v) is 15.3. The van der Waals surface area contributed by atoms with Crippen molar-refractivity contribution in [3.63, 3.8) is 0 Å². The molecular formula is C52H86O6. The molecule has 6 nitrogen and oxygen atoms in total. The van der Waals surface area contributed by atoms with E-state index in [1.807, 2.05) is 0 Å².